The van der Waals surface area contributed by atoms with Crippen LogP contribution in [0.4, 0.5) is 5.69 Å². The maximum atomic E-state index is 14.0. The molecular formula is C30H33Cl2N3O4S. The first-order valence-corrected chi connectivity index (χ1v) is 15.4. The summed E-state index contributed by atoms with van der Waals surface area (Å²) < 4.78 is 28.7. The molecule has 1 saturated carbocycles. The second-order valence-electron chi connectivity index (χ2n) is 10.1. The Kier molecular flexibility index (Phi) is 9.77. The van der Waals surface area contributed by atoms with Gasteiger partial charge in [-0.25, -0.2) is 8.42 Å². The fraction of sp³-hybridized carbons (Fsp3) is 0.333. The summed E-state index contributed by atoms with van der Waals surface area (Å²) in [5.74, 6) is -0.803. The molecule has 4 rings (SSSR count). The molecule has 1 unspecified atom stereocenters. The minimum Gasteiger partial charge on any atom is -0.352 e. The molecule has 0 saturated heterocycles. The standard InChI is InChI=1S/C30H33Cl2N3O4S/c1-21-9-8-10-23(15-21)19-34(22(2)30(37)33-26-11-6-7-12-26)29(36)20-35(27-17-24(31)16-25(32)18-27)40(38,39)28-13-4-3-5-14-28/h3-5,8-10,13-18,22,26H,6-7,11-12,19-20H2,1-2H3,(H,33,37). The fourth-order valence-corrected chi connectivity index (χ4v) is 6.85. The van der Waals surface area contributed by atoms with Crippen LogP contribution in [0.5, 0.6) is 0 Å². The number of nitrogens with zero attached hydrogens (tertiary/aromatic N) is 2. The fourth-order valence-electron chi connectivity index (χ4n) is 4.91. The van der Waals surface area contributed by atoms with Gasteiger partial charge in [0.25, 0.3) is 10.0 Å². The molecule has 3 aromatic carbocycles. The summed E-state index contributed by atoms with van der Waals surface area (Å²) in [7, 11) is -4.19. The molecule has 1 aliphatic rings. The summed E-state index contributed by atoms with van der Waals surface area (Å²) >= 11 is 12.5. The van der Waals surface area contributed by atoms with E-state index in [2.05, 4.69) is 5.32 Å². The van der Waals surface area contributed by atoms with Crippen LogP contribution < -0.4 is 9.62 Å². The average Bonchev–Trinajstić information content (AvgIpc) is 3.42. The number of carbonyl (C=O) groups is 2. The SMILES string of the molecule is Cc1cccc(CN(C(=O)CN(c2cc(Cl)cc(Cl)c2)S(=O)(=O)c2ccccc2)C(C)C(=O)NC2CCCC2)c1. The van der Waals surface area contributed by atoms with E-state index in [0.717, 1.165) is 41.1 Å². The van der Waals surface area contributed by atoms with E-state index < -0.39 is 28.5 Å². The molecule has 1 atom stereocenters. The zero-order valence-corrected chi connectivity index (χ0v) is 24.8. The Labute approximate surface area is 246 Å². The Morgan fingerprint density at radius 2 is 1.60 bits per heavy atom. The average molecular weight is 603 g/mol. The lowest BCUT2D eigenvalue weighted by molar-refractivity contribution is -0.139. The summed E-state index contributed by atoms with van der Waals surface area (Å²) in [6.07, 6.45) is 3.92. The second-order valence-corrected chi connectivity index (χ2v) is 12.9. The highest BCUT2D eigenvalue weighted by molar-refractivity contribution is 7.92. The molecule has 1 aliphatic carbocycles. The van der Waals surface area contributed by atoms with Crippen LogP contribution in [0.3, 0.4) is 0 Å². The number of nitrogens with one attached hydrogen (secondary N) is 1. The van der Waals surface area contributed by atoms with Gasteiger partial charge in [0.15, 0.2) is 0 Å². The van der Waals surface area contributed by atoms with Crippen molar-refractivity contribution in [3.05, 3.63) is 94.0 Å². The molecule has 0 bridgehead atoms. The van der Waals surface area contributed by atoms with Gasteiger partial charge < -0.3 is 10.2 Å². The lowest BCUT2D eigenvalue weighted by Crippen LogP contribution is -2.52. The number of benzene rings is 3. The van der Waals surface area contributed by atoms with Crippen molar-refractivity contribution in [2.24, 2.45) is 0 Å². The normalized spacial score (nSPS) is 14.5. The topological polar surface area (TPSA) is 86.8 Å². The summed E-state index contributed by atoms with van der Waals surface area (Å²) in [5, 5.41) is 3.52. The highest BCUT2D eigenvalue weighted by Gasteiger charge is 2.33. The van der Waals surface area contributed by atoms with Gasteiger partial charge in [0.05, 0.1) is 10.6 Å². The smallest absolute Gasteiger partial charge is 0.264 e. The van der Waals surface area contributed by atoms with Gasteiger partial charge >= 0.3 is 0 Å². The minimum atomic E-state index is -4.19. The quantitative estimate of drug-likeness (QED) is 0.310. The number of hydrogen-bond donors (Lipinski definition) is 1. The lowest BCUT2D eigenvalue weighted by atomic mass is 10.1. The Morgan fingerprint density at radius 1 is 0.950 bits per heavy atom. The van der Waals surface area contributed by atoms with Crippen molar-refractivity contribution in [1.29, 1.82) is 0 Å². The zero-order chi connectivity index (χ0) is 28.9. The van der Waals surface area contributed by atoms with Crippen LogP contribution in [0, 0.1) is 6.92 Å². The maximum absolute atomic E-state index is 14.0. The molecule has 1 N–H and O–H groups in total. The predicted octanol–water partition coefficient (Wildman–Crippen LogP) is 5.97. The number of anilines is 1. The molecule has 3 aromatic rings. The van der Waals surface area contributed by atoms with E-state index in [4.69, 9.17) is 23.2 Å². The highest BCUT2D eigenvalue weighted by Crippen LogP contribution is 2.30. The third-order valence-corrected chi connectivity index (χ3v) is 9.27. The van der Waals surface area contributed by atoms with E-state index in [0.29, 0.717) is 0 Å². The number of halogens is 2. The molecular weight excluding hydrogens is 569 g/mol. The van der Waals surface area contributed by atoms with Crippen molar-refractivity contribution in [1.82, 2.24) is 10.2 Å². The Morgan fingerprint density at radius 3 is 2.23 bits per heavy atom. The summed E-state index contributed by atoms with van der Waals surface area (Å²) in [6, 6.07) is 19.1. The molecule has 1 fully saturated rings. The maximum Gasteiger partial charge on any atom is 0.264 e. The Hall–Kier alpha value is -3.07. The van der Waals surface area contributed by atoms with Crippen molar-refractivity contribution in [3.8, 4) is 0 Å². The number of carbonyl (C=O) groups excluding carboxylic acids is 2. The van der Waals surface area contributed by atoms with Gasteiger partial charge in [-0.05, 0) is 62.6 Å². The number of sulfonamides is 1. The summed E-state index contributed by atoms with van der Waals surface area (Å²) in [5.41, 5.74) is 1.99. The van der Waals surface area contributed by atoms with Crippen molar-refractivity contribution < 1.29 is 18.0 Å². The Bertz CT molecular complexity index is 1440. The molecule has 7 nitrogen and oxygen atoms in total. The number of hydrogen-bond acceptors (Lipinski definition) is 4. The predicted molar refractivity (Wildman–Crippen MR) is 159 cm³/mol. The van der Waals surface area contributed by atoms with E-state index >= 15 is 0 Å². The summed E-state index contributed by atoms with van der Waals surface area (Å²) in [4.78, 5) is 28.8. The van der Waals surface area contributed by atoms with Crippen LogP contribution in [0.15, 0.2) is 77.7 Å². The first kappa shape index (κ1) is 29.9. The van der Waals surface area contributed by atoms with Crippen molar-refractivity contribution >= 4 is 50.7 Å². The first-order valence-electron chi connectivity index (χ1n) is 13.2. The third kappa shape index (κ3) is 7.36. The van der Waals surface area contributed by atoms with Gasteiger partial charge in [0.1, 0.15) is 12.6 Å². The molecule has 0 aliphatic heterocycles. The monoisotopic (exact) mass is 601 g/mol. The van der Waals surface area contributed by atoms with Gasteiger partial charge in [-0.3, -0.25) is 13.9 Å². The van der Waals surface area contributed by atoms with Crippen LogP contribution in [0.25, 0.3) is 0 Å². The molecule has 0 radical (unpaired) electrons. The molecule has 0 aromatic heterocycles. The van der Waals surface area contributed by atoms with Gasteiger partial charge in [-0.15, -0.1) is 0 Å². The van der Waals surface area contributed by atoms with E-state index in [1.165, 1.54) is 35.2 Å². The van der Waals surface area contributed by atoms with E-state index in [1.807, 2.05) is 31.2 Å². The molecule has 10 heteroatoms. The van der Waals surface area contributed by atoms with Gasteiger partial charge in [0.2, 0.25) is 11.8 Å². The van der Waals surface area contributed by atoms with E-state index in [1.54, 1.807) is 25.1 Å². The minimum absolute atomic E-state index is 0.0103. The number of amides is 2. The Balaban J connectivity index is 1.70. The van der Waals surface area contributed by atoms with E-state index in [-0.39, 0.29) is 39.1 Å². The largest absolute Gasteiger partial charge is 0.352 e. The van der Waals surface area contributed by atoms with Gasteiger partial charge in [-0.2, -0.15) is 0 Å². The van der Waals surface area contributed by atoms with Gasteiger partial charge in [-0.1, -0.05) is 84.1 Å². The zero-order valence-electron chi connectivity index (χ0n) is 22.5. The molecule has 0 spiro atoms. The van der Waals surface area contributed by atoms with E-state index in [9.17, 15) is 18.0 Å². The van der Waals surface area contributed by atoms with Crippen LogP contribution in [0.2, 0.25) is 10.0 Å². The van der Waals surface area contributed by atoms with Crippen LogP contribution in [-0.4, -0.2) is 43.8 Å². The second kappa shape index (κ2) is 13.1. The molecule has 0 heterocycles. The van der Waals surface area contributed by atoms with Crippen LogP contribution in [0.1, 0.15) is 43.7 Å². The first-order chi connectivity index (χ1) is 19.0. The van der Waals surface area contributed by atoms with Crippen LogP contribution in [-0.2, 0) is 26.2 Å². The molecule has 212 valence electrons. The highest BCUT2D eigenvalue weighted by atomic mass is 35.5. The van der Waals surface area contributed by atoms with Crippen molar-refractivity contribution in [2.45, 2.75) is 63.1 Å². The van der Waals surface area contributed by atoms with Crippen molar-refractivity contribution in [3.63, 3.8) is 0 Å². The van der Waals surface area contributed by atoms with Gasteiger partial charge in [0, 0.05) is 22.6 Å². The lowest BCUT2D eigenvalue weighted by Gasteiger charge is -2.32. The number of rotatable bonds is 10. The molecule has 40 heavy (non-hydrogen) atoms. The summed E-state index contributed by atoms with van der Waals surface area (Å²) in [6.45, 7) is 3.20. The third-order valence-electron chi connectivity index (χ3n) is 7.05. The van der Waals surface area contributed by atoms with Crippen molar-refractivity contribution in [2.75, 3.05) is 10.8 Å². The molecule has 2 amide bonds. The number of aryl methyl sites for hydroxylation is 1. The van der Waals surface area contributed by atoms with Crippen LogP contribution >= 0.6 is 23.2 Å².